The molecule has 0 fully saturated rings. The van der Waals surface area contributed by atoms with Crippen LogP contribution in [-0.4, -0.2) is 41.8 Å². The Balaban J connectivity index is 1.73. The van der Waals surface area contributed by atoms with Crippen molar-refractivity contribution in [3.05, 3.63) is 65.0 Å². The normalized spacial score (nSPS) is 17.2. The smallest absolute Gasteiger partial charge is 0.321 e. The fraction of sp³-hybridized carbons (Fsp3) is 0.316. The lowest BCUT2D eigenvalue weighted by molar-refractivity contribution is -0.144. The predicted molar refractivity (Wildman–Crippen MR) is 96.0 cm³/mol. The number of nitrogens with one attached hydrogen (secondary N) is 1. The molecule has 1 aliphatic heterocycles. The maximum atomic E-state index is 11.8. The molecule has 134 valence electrons. The number of benzene rings is 1. The van der Waals surface area contributed by atoms with Gasteiger partial charge in [0.2, 0.25) is 0 Å². The summed E-state index contributed by atoms with van der Waals surface area (Å²) < 4.78 is 1.84. The Morgan fingerprint density at radius 1 is 1.38 bits per heavy atom. The largest absolute Gasteiger partial charge is 0.480 e. The minimum atomic E-state index is -0.816. The van der Waals surface area contributed by atoms with Crippen LogP contribution in [0.1, 0.15) is 28.1 Å². The van der Waals surface area contributed by atoms with Crippen molar-refractivity contribution in [2.45, 2.75) is 39.4 Å². The molecule has 2 N–H and O–H groups in total. The van der Waals surface area contributed by atoms with Gasteiger partial charge in [0.25, 0.3) is 0 Å². The molecule has 3 aromatic rings. The molecule has 2 aromatic heterocycles. The lowest BCUT2D eigenvalue weighted by atomic mass is 9.98. The lowest BCUT2D eigenvalue weighted by Crippen LogP contribution is -2.45. The number of nitrogens with zero attached hydrogens (tertiary/aromatic N) is 4. The molecule has 1 atom stereocenters. The topological polar surface area (TPSA) is 87.0 Å². The zero-order valence-corrected chi connectivity index (χ0v) is 14.8. The summed E-state index contributed by atoms with van der Waals surface area (Å²) in [7, 11) is 0. The maximum Gasteiger partial charge on any atom is 0.321 e. The summed E-state index contributed by atoms with van der Waals surface area (Å²) in [5.74, 6) is -0.816. The van der Waals surface area contributed by atoms with Crippen LogP contribution in [0.25, 0.3) is 5.69 Å². The molecule has 1 aromatic carbocycles. The minimum absolute atomic E-state index is 0.413. The van der Waals surface area contributed by atoms with Gasteiger partial charge < -0.3 is 10.1 Å². The summed E-state index contributed by atoms with van der Waals surface area (Å²) >= 11 is 0. The number of carbonyl (C=O) groups is 1. The van der Waals surface area contributed by atoms with E-state index in [1.165, 1.54) is 0 Å². The molecule has 3 heterocycles. The molecule has 0 radical (unpaired) electrons. The number of aryl methyl sites for hydroxylation is 2. The molecular formula is C19H21N5O2. The summed E-state index contributed by atoms with van der Waals surface area (Å²) in [6.07, 6.45) is 5.71. The van der Waals surface area contributed by atoms with E-state index >= 15 is 0 Å². The van der Waals surface area contributed by atoms with E-state index in [-0.39, 0.29) is 0 Å². The highest BCUT2D eigenvalue weighted by Gasteiger charge is 2.33. The van der Waals surface area contributed by atoms with Gasteiger partial charge in [-0.25, -0.2) is 9.67 Å². The van der Waals surface area contributed by atoms with Crippen LogP contribution >= 0.6 is 0 Å². The van der Waals surface area contributed by atoms with Crippen molar-refractivity contribution in [1.82, 2.24) is 24.6 Å². The van der Waals surface area contributed by atoms with Crippen molar-refractivity contribution in [3.8, 4) is 5.69 Å². The van der Waals surface area contributed by atoms with E-state index in [1.807, 2.05) is 21.8 Å². The monoisotopic (exact) mass is 351 g/mol. The number of hydrogen-bond donors (Lipinski definition) is 2. The third-order valence-corrected chi connectivity index (χ3v) is 4.99. The van der Waals surface area contributed by atoms with Gasteiger partial charge >= 0.3 is 5.97 Å². The first-order chi connectivity index (χ1) is 12.5. The van der Waals surface area contributed by atoms with Gasteiger partial charge in [0, 0.05) is 31.9 Å². The Hall–Kier alpha value is -2.93. The molecule has 0 amide bonds. The van der Waals surface area contributed by atoms with E-state index in [4.69, 9.17) is 0 Å². The van der Waals surface area contributed by atoms with Crippen molar-refractivity contribution in [3.63, 3.8) is 0 Å². The van der Waals surface area contributed by atoms with Crippen LogP contribution in [0.3, 0.4) is 0 Å². The first kappa shape index (κ1) is 16.5. The summed E-state index contributed by atoms with van der Waals surface area (Å²) in [6, 6.07) is 5.52. The Morgan fingerprint density at radius 2 is 2.23 bits per heavy atom. The molecular weight excluding hydrogens is 330 g/mol. The predicted octanol–water partition coefficient (Wildman–Crippen LogP) is 2.22. The van der Waals surface area contributed by atoms with E-state index in [1.54, 1.807) is 12.5 Å². The summed E-state index contributed by atoms with van der Waals surface area (Å²) in [6.45, 7) is 5.20. The first-order valence-corrected chi connectivity index (χ1v) is 8.61. The Kier molecular flexibility index (Phi) is 4.08. The molecule has 0 saturated carbocycles. The van der Waals surface area contributed by atoms with Crippen molar-refractivity contribution in [1.29, 1.82) is 0 Å². The van der Waals surface area contributed by atoms with Gasteiger partial charge in [-0.15, -0.1) is 0 Å². The molecule has 7 heteroatoms. The van der Waals surface area contributed by atoms with Gasteiger partial charge in [-0.05, 0) is 42.7 Å². The molecule has 0 bridgehead atoms. The highest BCUT2D eigenvalue weighted by molar-refractivity contribution is 5.74. The van der Waals surface area contributed by atoms with Crippen molar-refractivity contribution >= 4 is 5.97 Å². The van der Waals surface area contributed by atoms with Gasteiger partial charge in [0.15, 0.2) is 0 Å². The number of H-pyrrole nitrogens is 1. The number of hydrogen-bond acceptors (Lipinski definition) is 4. The van der Waals surface area contributed by atoms with Crippen LogP contribution < -0.4 is 0 Å². The van der Waals surface area contributed by atoms with Crippen molar-refractivity contribution < 1.29 is 9.90 Å². The van der Waals surface area contributed by atoms with Crippen LogP contribution in [0.4, 0.5) is 0 Å². The van der Waals surface area contributed by atoms with Crippen LogP contribution in [0, 0.1) is 13.8 Å². The first-order valence-electron chi connectivity index (χ1n) is 8.61. The number of carboxylic acid groups (broad SMARTS) is 1. The second kappa shape index (κ2) is 6.42. The molecule has 0 aliphatic carbocycles. The SMILES string of the molecule is Cc1cc(C)c(CN2Cc3[nH]cnc3C[C@H]2C(=O)O)c(-n2cccn2)c1. The third-order valence-electron chi connectivity index (χ3n) is 4.99. The number of aliphatic carboxylic acids is 1. The van der Waals surface area contributed by atoms with Gasteiger partial charge in [0.05, 0.1) is 23.4 Å². The van der Waals surface area contributed by atoms with E-state index < -0.39 is 12.0 Å². The van der Waals surface area contributed by atoms with E-state index in [0.717, 1.165) is 33.8 Å². The zero-order valence-electron chi connectivity index (χ0n) is 14.8. The second-order valence-electron chi connectivity index (χ2n) is 6.82. The van der Waals surface area contributed by atoms with E-state index in [2.05, 4.69) is 41.0 Å². The molecule has 4 rings (SSSR count). The van der Waals surface area contributed by atoms with Gasteiger partial charge in [-0.2, -0.15) is 5.10 Å². The van der Waals surface area contributed by atoms with Crippen LogP contribution in [-0.2, 0) is 24.3 Å². The van der Waals surface area contributed by atoms with Crippen LogP contribution in [0.2, 0.25) is 0 Å². The van der Waals surface area contributed by atoms with Crippen molar-refractivity contribution in [2.24, 2.45) is 0 Å². The Bertz CT molecular complexity index is 945. The van der Waals surface area contributed by atoms with Gasteiger partial charge in [-0.3, -0.25) is 9.69 Å². The number of rotatable bonds is 4. The molecule has 0 saturated heterocycles. The number of carboxylic acids is 1. The second-order valence-corrected chi connectivity index (χ2v) is 6.82. The fourth-order valence-corrected chi connectivity index (χ4v) is 3.70. The summed E-state index contributed by atoms with van der Waals surface area (Å²) in [5, 5.41) is 14.1. The van der Waals surface area contributed by atoms with Crippen molar-refractivity contribution in [2.75, 3.05) is 0 Å². The highest BCUT2D eigenvalue weighted by Crippen LogP contribution is 2.27. The number of imidazole rings is 1. The molecule has 1 aliphatic rings. The standard InChI is InChI=1S/C19H21N5O2/c1-12-6-13(2)14(17(7-12)24-5-3-4-22-24)9-23-10-16-15(20-11-21-16)8-18(23)19(25)26/h3-7,11,18H,8-10H2,1-2H3,(H,20,21)(H,25,26)/t18-/m0/s1. The summed E-state index contributed by atoms with van der Waals surface area (Å²) in [4.78, 5) is 21.2. The minimum Gasteiger partial charge on any atom is -0.480 e. The lowest BCUT2D eigenvalue weighted by Gasteiger charge is -2.33. The highest BCUT2D eigenvalue weighted by atomic mass is 16.4. The Labute approximate surface area is 151 Å². The summed E-state index contributed by atoms with van der Waals surface area (Å²) in [5.41, 5.74) is 6.21. The van der Waals surface area contributed by atoms with E-state index in [0.29, 0.717) is 19.5 Å². The number of aromatic amines is 1. The fourth-order valence-electron chi connectivity index (χ4n) is 3.70. The van der Waals surface area contributed by atoms with Gasteiger partial charge in [0.1, 0.15) is 6.04 Å². The Morgan fingerprint density at radius 3 is 2.96 bits per heavy atom. The van der Waals surface area contributed by atoms with Gasteiger partial charge in [-0.1, -0.05) is 6.07 Å². The molecule has 26 heavy (non-hydrogen) atoms. The van der Waals surface area contributed by atoms with Crippen LogP contribution in [0.5, 0.6) is 0 Å². The molecule has 0 spiro atoms. The average molecular weight is 351 g/mol. The quantitative estimate of drug-likeness (QED) is 0.753. The van der Waals surface area contributed by atoms with E-state index in [9.17, 15) is 9.90 Å². The number of aromatic nitrogens is 4. The molecule has 7 nitrogen and oxygen atoms in total. The zero-order chi connectivity index (χ0) is 18.3. The average Bonchev–Trinajstić information content (AvgIpc) is 3.27. The number of fused-ring (bicyclic) bond motifs is 1. The third kappa shape index (κ3) is 2.90. The molecule has 0 unspecified atom stereocenters. The van der Waals surface area contributed by atoms with Crippen LogP contribution in [0.15, 0.2) is 36.9 Å². The maximum absolute atomic E-state index is 11.8.